The Labute approximate surface area is 159 Å². The van der Waals surface area contributed by atoms with Crippen LogP contribution in [-0.2, 0) is 11.2 Å². The van der Waals surface area contributed by atoms with E-state index in [0.29, 0.717) is 25.6 Å². The van der Waals surface area contributed by atoms with E-state index in [-0.39, 0.29) is 12.1 Å². The Kier molecular flexibility index (Phi) is 5.87. The molecular formula is C20H29N5O2. The molecule has 1 saturated carbocycles. The maximum Gasteiger partial charge on any atom is 0.314 e. The fourth-order valence-corrected chi connectivity index (χ4v) is 4.24. The molecular weight excluding hydrogens is 342 g/mol. The van der Waals surface area contributed by atoms with Gasteiger partial charge in [-0.3, -0.25) is 0 Å². The average molecular weight is 371 g/mol. The number of ether oxygens (including phenoxy) is 1. The van der Waals surface area contributed by atoms with Crippen LogP contribution in [0.25, 0.3) is 11.2 Å². The summed E-state index contributed by atoms with van der Waals surface area (Å²) in [6.07, 6.45) is 11.0. The lowest BCUT2D eigenvalue weighted by atomic mass is 9.95. The van der Waals surface area contributed by atoms with Crippen molar-refractivity contribution in [1.29, 1.82) is 0 Å². The van der Waals surface area contributed by atoms with Crippen molar-refractivity contribution >= 4 is 17.2 Å². The van der Waals surface area contributed by atoms with Crippen LogP contribution in [0.1, 0.15) is 56.8 Å². The van der Waals surface area contributed by atoms with Crippen molar-refractivity contribution in [2.45, 2.75) is 63.5 Å². The summed E-state index contributed by atoms with van der Waals surface area (Å²) in [5.41, 5.74) is 1.92. The molecule has 0 aromatic carbocycles. The minimum absolute atomic E-state index is 0.135. The van der Waals surface area contributed by atoms with Gasteiger partial charge in [0.1, 0.15) is 11.3 Å². The van der Waals surface area contributed by atoms with Gasteiger partial charge in [-0.25, -0.2) is 14.8 Å². The van der Waals surface area contributed by atoms with Crippen molar-refractivity contribution < 1.29 is 9.53 Å². The number of carbonyl (C=O) groups excluding carboxylic acids is 1. The molecule has 4 rings (SSSR count). The van der Waals surface area contributed by atoms with Crippen LogP contribution in [0, 0.1) is 0 Å². The van der Waals surface area contributed by atoms with E-state index in [0.717, 1.165) is 36.4 Å². The lowest BCUT2D eigenvalue weighted by Crippen LogP contribution is -2.40. The molecule has 2 aliphatic rings. The van der Waals surface area contributed by atoms with Gasteiger partial charge in [-0.05, 0) is 37.8 Å². The van der Waals surface area contributed by atoms with Crippen LogP contribution in [0.15, 0.2) is 18.3 Å². The quantitative estimate of drug-likeness (QED) is 0.818. The highest BCUT2D eigenvalue weighted by atomic mass is 16.5. The molecule has 1 aliphatic heterocycles. The molecule has 1 aliphatic carbocycles. The number of fused-ring (bicyclic) bond motifs is 1. The number of urea groups is 1. The number of carbonyl (C=O) groups is 1. The number of imidazole rings is 1. The molecule has 2 N–H and O–H groups in total. The van der Waals surface area contributed by atoms with Crippen LogP contribution < -0.4 is 10.6 Å². The van der Waals surface area contributed by atoms with Gasteiger partial charge < -0.3 is 19.9 Å². The van der Waals surface area contributed by atoms with Crippen molar-refractivity contribution in [2.24, 2.45) is 0 Å². The Bertz CT molecular complexity index is 763. The van der Waals surface area contributed by atoms with Crippen molar-refractivity contribution in [3.63, 3.8) is 0 Å². The van der Waals surface area contributed by atoms with E-state index in [1.165, 1.54) is 32.1 Å². The van der Waals surface area contributed by atoms with E-state index in [9.17, 15) is 4.79 Å². The molecule has 1 atom stereocenters. The number of aromatic nitrogens is 3. The van der Waals surface area contributed by atoms with Crippen molar-refractivity contribution in [1.82, 2.24) is 25.2 Å². The Morgan fingerprint density at radius 3 is 2.89 bits per heavy atom. The first-order valence-corrected chi connectivity index (χ1v) is 10.3. The molecule has 1 unspecified atom stereocenters. The van der Waals surface area contributed by atoms with Gasteiger partial charge in [0.05, 0.1) is 6.10 Å². The van der Waals surface area contributed by atoms with E-state index in [1.54, 1.807) is 0 Å². The molecule has 0 radical (unpaired) electrons. The molecule has 0 bridgehead atoms. The second kappa shape index (κ2) is 8.69. The third-order valence-corrected chi connectivity index (χ3v) is 5.61. The van der Waals surface area contributed by atoms with E-state index in [1.807, 2.05) is 18.3 Å². The van der Waals surface area contributed by atoms with E-state index < -0.39 is 0 Å². The molecule has 2 aromatic rings. The van der Waals surface area contributed by atoms with Crippen LogP contribution in [0.2, 0.25) is 0 Å². The molecule has 1 saturated heterocycles. The topological polar surface area (TPSA) is 81.1 Å². The minimum atomic E-state index is -0.135. The summed E-state index contributed by atoms with van der Waals surface area (Å²) in [7, 11) is 0. The smallest absolute Gasteiger partial charge is 0.314 e. The fraction of sp³-hybridized carbons (Fsp3) is 0.650. The second-order valence-corrected chi connectivity index (χ2v) is 7.56. The van der Waals surface area contributed by atoms with Gasteiger partial charge in [0.15, 0.2) is 5.65 Å². The van der Waals surface area contributed by atoms with E-state index >= 15 is 0 Å². The molecule has 146 valence electrons. The minimum Gasteiger partial charge on any atom is -0.376 e. The summed E-state index contributed by atoms with van der Waals surface area (Å²) in [5.74, 6) is 1.02. The lowest BCUT2D eigenvalue weighted by molar-refractivity contribution is 0.111. The Hall–Kier alpha value is -2.15. The van der Waals surface area contributed by atoms with Gasteiger partial charge in [0, 0.05) is 38.4 Å². The van der Waals surface area contributed by atoms with Gasteiger partial charge in [0.2, 0.25) is 0 Å². The highest BCUT2D eigenvalue weighted by molar-refractivity contribution is 5.74. The standard InChI is InChI=1S/C20H29N5O2/c26-20(23-14-16-8-5-13-27-16)22-12-10-18-24-17-9-4-11-21-19(17)25(18)15-6-2-1-3-7-15/h4,9,11,15-16H,1-3,5-8,10,12-14H2,(H2,22,23,26). The van der Waals surface area contributed by atoms with Gasteiger partial charge in [-0.1, -0.05) is 19.3 Å². The highest BCUT2D eigenvalue weighted by Crippen LogP contribution is 2.31. The summed E-state index contributed by atoms with van der Waals surface area (Å²) < 4.78 is 7.85. The summed E-state index contributed by atoms with van der Waals surface area (Å²) in [5, 5.41) is 5.85. The number of hydrogen-bond acceptors (Lipinski definition) is 4. The summed E-state index contributed by atoms with van der Waals surface area (Å²) in [6.45, 7) is 1.95. The highest BCUT2D eigenvalue weighted by Gasteiger charge is 2.22. The van der Waals surface area contributed by atoms with Crippen LogP contribution in [0.5, 0.6) is 0 Å². The first-order valence-electron chi connectivity index (χ1n) is 10.3. The molecule has 2 aromatic heterocycles. The monoisotopic (exact) mass is 371 g/mol. The largest absolute Gasteiger partial charge is 0.376 e. The number of rotatable bonds is 6. The number of pyridine rings is 1. The SMILES string of the molecule is O=C(NCCc1nc2cccnc2n1C1CCCCC1)NCC1CCCO1. The summed E-state index contributed by atoms with van der Waals surface area (Å²) >= 11 is 0. The van der Waals surface area contributed by atoms with Crippen molar-refractivity contribution in [2.75, 3.05) is 19.7 Å². The predicted molar refractivity (Wildman–Crippen MR) is 104 cm³/mol. The van der Waals surface area contributed by atoms with Gasteiger partial charge >= 0.3 is 6.03 Å². The Morgan fingerprint density at radius 2 is 2.07 bits per heavy atom. The van der Waals surface area contributed by atoms with Crippen molar-refractivity contribution in [3.05, 3.63) is 24.2 Å². The Balaban J connectivity index is 1.37. The molecule has 2 fully saturated rings. The second-order valence-electron chi connectivity index (χ2n) is 7.56. The molecule has 0 spiro atoms. The maximum atomic E-state index is 12.0. The normalized spacial score (nSPS) is 20.8. The number of nitrogens with zero attached hydrogens (tertiary/aromatic N) is 3. The average Bonchev–Trinajstić information content (AvgIpc) is 3.34. The van der Waals surface area contributed by atoms with E-state index in [4.69, 9.17) is 9.72 Å². The van der Waals surface area contributed by atoms with Gasteiger partial charge in [-0.2, -0.15) is 0 Å². The zero-order valence-electron chi connectivity index (χ0n) is 15.8. The fourth-order valence-electron chi connectivity index (χ4n) is 4.24. The molecule has 3 heterocycles. The predicted octanol–water partition coefficient (Wildman–Crippen LogP) is 2.96. The zero-order valence-corrected chi connectivity index (χ0v) is 15.8. The molecule has 7 heteroatoms. The van der Waals surface area contributed by atoms with Crippen LogP contribution in [0.4, 0.5) is 4.79 Å². The summed E-state index contributed by atoms with van der Waals surface area (Å²) in [4.78, 5) is 21.4. The lowest BCUT2D eigenvalue weighted by Gasteiger charge is -2.25. The Morgan fingerprint density at radius 1 is 1.19 bits per heavy atom. The third-order valence-electron chi connectivity index (χ3n) is 5.61. The zero-order chi connectivity index (χ0) is 18.5. The molecule has 2 amide bonds. The van der Waals surface area contributed by atoms with Crippen LogP contribution >= 0.6 is 0 Å². The van der Waals surface area contributed by atoms with Gasteiger partial charge in [0.25, 0.3) is 0 Å². The van der Waals surface area contributed by atoms with Crippen LogP contribution in [0.3, 0.4) is 0 Å². The molecule has 27 heavy (non-hydrogen) atoms. The summed E-state index contributed by atoms with van der Waals surface area (Å²) in [6, 6.07) is 4.29. The third kappa shape index (κ3) is 4.40. The first kappa shape index (κ1) is 18.2. The first-order chi connectivity index (χ1) is 13.3. The number of amides is 2. The van der Waals surface area contributed by atoms with Crippen LogP contribution in [-0.4, -0.2) is 46.4 Å². The number of hydrogen-bond donors (Lipinski definition) is 2. The van der Waals surface area contributed by atoms with Crippen molar-refractivity contribution in [3.8, 4) is 0 Å². The van der Waals surface area contributed by atoms with Gasteiger partial charge in [-0.15, -0.1) is 0 Å². The maximum absolute atomic E-state index is 12.0. The number of nitrogens with one attached hydrogen (secondary N) is 2. The van der Waals surface area contributed by atoms with E-state index in [2.05, 4.69) is 20.2 Å². The molecule has 7 nitrogen and oxygen atoms in total.